The molecule has 156 valence electrons. The van der Waals surface area contributed by atoms with Crippen molar-refractivity contribution in [1.82, 2.24) is 20.4 Å². The molecule has 7 nitrogen and oxygen atoms in total. The standard InChI is InChI=1S/C22H32N6O/c1-5-18-17(20(6-2)28(4)27-18)14-25-22(23-7-3)24-13-15-12-21(29)26-19-11-9-8-10-16(15)19/h8-11,15H,5-7,12-14H2,1-4H3,(H,26,29)(H2,23,24,25). The first-order valence-corrected chi connectivity index (χ1v) is 10.5. The highest BCUT2D eigenvalue weighted by Gasteiger charge is 2.24. The number of aromatic nitrogens is 2. The Hall–Kier alpha value is -2.83. The fourth-order valence-corrected chi connectivity index (χ4v) is 3.98. The molecule has 1 unspecified atom stereocenters. The molecule has 1 aromatic carbocycles. The van der Waals surface area contributed by atoms with Gasteiger partial charge in [0.1, 0.15) is 0 Å². The SMILES string of the molecule is CCNC(=NCc1c(CC)nn(C)c1CC)NCC1CC(=O)Nc2ccccc21. The third-order valence-corrected chi connectivity index (χ3v) is 5.39. The summed E-state index contributed by atoms with van der Waals surface area (Å²) in [4.78, 5) is 16.9. The minimum Gasteiger partial charge on any atom is -0.357 e. The van der Waals surface area contributed by atoms with Crippen molar-refractivity contribution in [3.63, 3.8) is 0 Å². The second kappa shape index (κ2) is 9.58. The number of anilines is 1. The number of nitrogens with zero attached hydrogens (tertiary/aromatic N) is 3. The normalized spacial score (nSPS) is 16.3. The molecule has 7 heteroatoms. The first-order chi connectivity index (χ1) is 14.1. The summed E-state index contributed by atoms with van der Waals surface area (Å²) in [7, 11) is 2.00. The summed E-state index contributed by atoms with van der Waals surface area (Å²) in [5.74, 6) is 0.955. The Morgan fingerprint density at radius 2 is 2.03 bits per heavy atom. The van der Waals surface area contributed by atoms with Crippen molar-refractivity contribution in [1.29, 1.82) is 0 Å². The highest BCUT2D eigenvalue weighted by molar-refractivity contribution is 5.94. The summed E-state index contributed by atoms with van der Waals surface area (Å²) in [6, 6.07) is 8.01. The topological polar surface area (TPSA) is 83.3 Å². The van der Waals surface area contributed by atoms with Crippen LogP contribution in [0.25, 0.3) is 0 Å². The van der Waals surface area contributed by atoms with Crippen LogP contribution in [0.5, 0.6) is 0 Å². The molecule has 1 aliphatic heterocycles. The van der Waals surface area contributed by atoms with Gasteiger partial charge in [-0.2, -0.15) is 5.10 Å². The molecule has 2 heterocycles. The number of rotatable bonds is 7. The maximum atomic E-state index is 12.1. The van der Waals surface area contributed by atoms with Gasteiger partial charge in [0.2, 0.25) is 5.91 Å². The van der Waals surface area contributed by atoms with Crippen LogP contribution < -0.4 is 16.0 Å². The van der Waals surface area contributed by atoms with Gasteiger partial charge in [0.05, 0.1) is 12.2 Å². The van der Waals surface area contributed by atoms with E-state index in [1.807, 2.05) is 29.9 Å². The summed E-state index contributed by atoms with van der Waals surface area (Å²) in [5, 5.41) is 14.3. The molecule has 2 aromatic rings. The second-order valence-electron chi connectivity index (χ2n) is 7.32. The number of guanidine groups is 1. The van der Waals surface area contributed by atoms with Gasteiger partial charge in [0.15, 0.2) is 5.96 Å². The van der Waals surface area contributed by atoms with Crippen molar-refractivity contribution >= 4 is 17.6 Å². The number of carbonyl (C=O) groups excluding carboxylic acids is 1. The number of aliphatic imine (C=N–C) groups is 1. The van der Waals surface area contributed by atoms with E-state index in [1.54, 1.807) is 0 Å². The van der Waals surface area contributed by atoms with Gasteiger partial charge in [-0.25, -0.2) is 4.99 Å². The van der Waals surface area contributed by atoms with E-state index in [9.17, 15) is 4.79 Å². The van der Waals surface area contributed by atoms with Crippen LogP contribution in [0.4, 0.5) is 5.69 Å². The van der Waals surface area contributed by atoms with Crippen molar-refractivity contribution in [3.05, 3.63) is 46.8 Å². The van der Waals surface area contributed by atoms with Gasteiger partial charge >= 0.3 is 0 Å². The van der Waals surface area contributed by atoms with Crippen LogP contribution in [0.1, 0.15) is 55.6 Å². The number of amides is 1. The van der Waals surface area contributed by atoms with Gasteiger partial charge in [-0.05, 0) is 31.4 Å². The van der Waals surface area contributed by atoms with Crippen molar-refractivity contribution < 1.29 is 4.79 Å². The lowest BCUT2D eigenvalue weighted by atomic mass is 9.90. The number of hydrogen-bond donors (Lipinski definition) is 3. The van der Waals surface area contributed by atoms with Gasteiger partial charge in [0.25, 0.3) is 0 Å². The maximum Gasteiger partial charge on any atom is 0.225 e. The van der Waals surface area contributed by atoms with Crippen LogP contribution in [0, 0.1) is 0 Å². The molecular formula is C22H32N6O. The Morgan fingerprint density at radius 3 is 2.76 bits per heavy atom. The number of aryl methyl sites for hydroxylation is 2. The zero-order chi connectivity index (χ0) is 20.8. The van der Waals surface area contributed by atoms with Crippen molar-refractivity contribution in [2.45, 2.75) is 52.5 Å². The lowest BCUT2D eigenvalue weighted by Crippen LogP contribution is -2.40. The molecule has 1 aromatic heterocycles. The number of nitrogens with one attached hydrogen (secondary N) is 3. The van der Waals surface area contributed by atoms with Gasteiger partial charge in [0, 0.05) is 49.4 Å². The predicted octanol–water partition coefficient (Wildman–Crippen LogP) is 2.73. The minimum atomic E-state index is 0.0629. The van der Waals surface area contributed by atoms with E-state index in [4.69, 9.17) is 4.99 Å². The quantitative estimate of drug-likeness (QED) is 0.496. The van der Waals surface area contributed by atoms with E-state index in [1.165, 1.54) is 16.8 Å². The molecule has 0 radical (unpaired) electrons. The largest absolute Gasteiger partial charge is 0.357 e. The Kier molecular flexibility index (Phi) is 6.90. The summed E-state index contributed by atoms with van der Waals surface area (Å²) < 4.78 is 1.97. The Balaban J connectivity index is 1.74. The predicted molar refractivity (Wildman–Crippen MR) is 117 cm³/mol. The number of benzene rings is 1. The summed E-state index contributed by atoms with van der Waals surface area (Å²) in [6.07, 6.45) is 2.31. The zero-order valence-corrected chi connectivity index (χ0v) is 17.9. The molecule has 1 aliphatic rings. The van der Waals surface area contributed by atoms with E-state index in [0.29, 0.717) is 19.5 Å². The van der Waals surface area contributed by atoms with Crippen LogP contribution >= 0.6 is 0 Å². The average Bonchev–Trinajstić information content (AvgIpc) is 3.04. The third-order valence-electron chi connectivity index (χ3n) is 5.39. The molecule has 1 amide bonds. The molecule has 0 fully saturated rings. The monoisotopic (exact) mass is 396 g/mol. The van der Waals surface area contributed by atoms with Crippen molar-refractivity contribution in [2.24, 2.45) is 12.0 Å². The number of para-hydroxylation sites is 1. The molecule has 1 atom stereocenters. The van der Waals surface area contributed by atoms with Gasteiger partial charge in [-0.1, -0.05) is 32.0 Å². The fraction of sp³-hybridized carbons (Fsp3) is 0.500. The van der Waals surface area contributed by atoms with E-state index in [0.717, 1.165) is 36.7 Å². The Morgan fingerprint density at radius 1 is 1.24 bits per heavy atom. The first-order valence-electron chi connectivity index (χ1n) is 10.5. The first kappa shape index (κ1) is 20.9. The van der Waals surface area contributed by atoms with E-state index >= 15 is 0 Å². The van der Waals surface area contributed by atoms with Crippen LogP contribution in [-0.2, 0) is 31.2 Å². The molecule has 0 saturated heterocycles. The Bertz CT molecular complexity index is 885. The molecule has 0 bridgehead atoms. The van der Waals surface area contributed by atoms with Crippen LogP contribution in [-0.4, -0.2) is 34.7 Å². The van der Waals surface area contributed by atoms with Crippen LogP contribution in [0.2, 0.25) is 0 Å². The number of fused-ring (bicyclic) bond motifs is 1. The van der Waals surface area contributed by atoms with Crippen LogP contribution in [0.3, 0.4) is 0 Å². The molecule has 0 saturated carbocycles. The zero-order valence-electron chi connectivity index (χ0n) is 17.9. The molecule has 29 heavy (non-hydrogen) atoms. The number of carbonyl (C=O) groups is 1. The Labute approximate surface area is 173 Å². The maximum absolute atomic E-state index is 12.1. The lowest BCUT2D eigenvalue weighted by Gasteiger charge is -2.26. The van der Waals surface area contributed by atoms with E-state index in [2.05, 4.69) is 47.9 Å². The minimum absolute atomic E-state index is 0.0629. The van der Waals surface area contributed by atoms with Crippen LogP contribution in [0.15, 0.2) is 29.3 Å². The fourth-order valence-electron chi connectivity index (χ4n) is 3.98. The average molecular weight is 397 g/mol. The molecule has 0 spiro atoms. The van der Waals surface area contributed by atoms with E-state index in [-0.39, 0.29) is 11.8 Å². The van der Waals surface area contributed by atoms with Gasteiger partial charge in [-0.15, -0.1) is 0 Å². The lowest BCUT2D eigenvalue weighted by molar-refractivity contribution is -0.116. The summed E-state index contributed by atoms with van der Waals surface area (Å²) in [5.41, 5.74) is 5.65. The smallest absolute Gasteiger partial charge is 0.225 e. The van der Waals surface area contributed by atoms with Crippen molar-refractivity contribution in [2.75, 3.05) is 18.4 Å². The second-order valence-corrected chi connectivity index (χ2v) is 7.32. The highest BCUT2D eigenvalue weighted by atomic mass is 16.1. The molecular weight excluding hydrogens is 364 g/mol. The number of hydrogen-bond acceptors (Lipinski definition) is 3. The summed E-state index contributed by atoms with van der Waals surface area (Å²) >= 11 is 0. The van der Waals surface area contributed by atoms with Crippen molar-refractivity contribution in [3.8, 4) is 0 Å². The van der Waals surface area contributed by atoms with E-state index < -0.39 is 0 Å². The highest BCUT2D eigenvalue weighted by Crippen LogP contribution is 2.31. The van der Waals surface area contributed by atoms with Gasteiger partial charge in [-0.3, -0.25) is 9.48 Å². The molecule has 0 aliphatic carbocycles. The van der Waals surface area contributed by atoms with Gasteiger partial charge < -0.3 is 16.0 Å². The molecule has 3 N–H and O–H groups in total. The third kappa shape index (κ3) is 4.78. The molecule has 3 rings (SSSR count). The summed E-state index contributed by atoms with van der Waals surface area (Å²) in [6.45, 7) is 8.37.